The van der Waals surface area contributed by atoms with Gasteiger partial charge in [-0.15, -0.1) is 0 Å². The van der Waals surface area contributed by atoms with Crippen LogP contribution in [0, 0.1) is 3.57 Å². The highest BCUT2D eigenvalue weighted by molar-refractivity contribution is 14.1. The number of aryl methyl sites for hydroxylation is 1. The van der Waals surface area contributed by atoms with Crippen LogP contribution in [0.15, 0.2) is 47.1 Å². The highest BCUT2D eigenvalue weighted by Crippen LogP contribution is 2.39. The summed E-state index contributed by atoms with van der Waals surface area (Å²) >= 11 is 3.43. The van der Waals surface area contributed by atoms with Crippen LogP contribution in [0.2, 0.25) is 0 Å². The molecule has 1 atom stereocenters. The van der Waals surface area contributed by atoms with Crippen molar-refractivity contribution in [1.82, 2.24) is 24.2 Å². The van der Waals surface area contributed by atoms with Gasteiger partial charge in [-0.25, -0.2) is 28.1 Å². The molecule has 176 valence electrons. The van der Waals surface area contributed by atoms with Crippen LogP contribution in [0.3, 0.4) is 0 Å². The normalized spacial score (nSPS) is 16.5. The van der Waals surface area contributed by atoms with Gasteiger partial charge in [0, 0.05) is 21.2 Å². The lowest BCUT2D eigenvalue weighted by Crippen LogP contribution is -2.42. The Labute approximate surface area is 209 Å². The number of nitrogens with two attached hydrogens (primary N) is 1. The third kappa shape index (κ3) is 5.70. The molecule has 1 aliphatic heterocycles. The molecule has 13 heteroatoms. The number of hydrogen-bond donors (Lipinski definition) is 2. The Kier molecular flexibility index (Phi) is 6.75. The number of halogens is 1. The van der Waals surface area contributed by atoms with Gasteiger partial charge in [0.25, 0.3) is 6.29 Å². The molecule has 1 aromatic carbocycles. The molecule has 0 saturated carbocycles. The summed E-state index contributed by atoms with van der Waals surface area (Å²) < 4.78 is 42.2. The summed E-state index contributed by atoms with van der Waals surface area (Å²) in [5, 5.41) is 0.958. The molecule has 0 fully saturated rings. The average Bonchev–Trinajstić information content (AvgIpc) is 3.31. The quantitative estimate of drug-likeness (QED) is 0.391. The van der Waals surface area contributed by atoms with Gasteiger partial charge in [-0.2, -0.15) is 0 Å². The lowest BCUT2D eigenvalue weighted by molar-refractivity contribution is -0.0279. The number of nitrogen functional groups attached to an aromatic ring is 1. The lowest BCUT2D eigenvalue weighted by Gasteiger charge is -2.20. The number of benzene rings is 1. The zero-order chi connectivity index (χ0) is 23.8. The predicted octanol–water partition coefficient (Wildman–Crippen LogP) is 3.37. The van der Waals surface area contributed by atoms with Crippen LogP contribution >= 0.6 is 34.4 Å². The van der Waals surface area contributed by atoms with E-state index in [1.165, 1.54) is 24.4 Å². The Morgan fingerprint density at radius 3 is 2.76 bits per heavy atom. The molecule has 0 spiro atoms. The minimum absolute atomic E-state index is 0.120. The van der Waals surface area contributed by atoms with E-state index in [1.807, 2.05) is 24.3 Å². The van der Waals surface area contributed by atoms with Crippen molar-refractivity contribution in [3.05, 3.63) is 51.1 Å². The third-order valence-electron chi connectivity index (χ3n) is 4.43. The van der Waals surface area contributed by atoms with E-state index in [4.69, 9.17) is 15.2 Å². The van der Waals surface area contributed by atoms with E-state index in [9.17, 15) is 8.42 Å². The minimum atomic E-state index is -3.54. The molecular formula is C20H23IN6O4S2. The van der Waals surface area contributed by atoms with Crippen LogP contribution in [0.4, 0.5) is 5.82 Å². The maximum absolute atomic E-state index is 12.6. The van der Waals surface area contributed by atoms with Crippen molar-refractivity contribution in [2.45, 2.75) is 44.3 Å². The van der Waals surface area contributed by atoms with Crippen molar-refractivity contribution in [1.29, 1.82) is 0 Å². The highest BCUT2D eigenvalue weighted by atomic mass is 127. The number of rotatable bonds is 7. The Balaban J connectivity index is 1.58. The van der Waals surface area contributed by atoms with Crippen molar-refractivity contribution in [3.8, 4) is 0 Å². The van der Waals surface area contributed by atoms with Gasteiger partial charge in [0.05, 0.1) is 5.75 Å². The highest BCUT2D eigenvalue weighted by Gasteiger charge is 2.27. The van der Waals surface area contributed by atoms with E-state index in [-0.39, 0.29) is 18.1 Å². The second-order valence-corrected chi connectivity index (χ2v) is 12.3. The summed E-state index contributed by atoms with van der Waals surface area (Å²) in [7, 11) is -3.54. The number of hydrogen-bond acceptors (Lipinski definition) is 9. The van der Waals surface area contributed by atoms with Crippen LogP contribution in [-0.2, 0) is 26.0 Å². The number of anilines is 1. The monoisotopic (exact) mass is 602 g/mol. The fourth-order valence-electron chi connectivity index (χ4n) is 3.16. The van der Waals surface area contributed by atoms with Gasteiger partial charge in [0.15, 0.2) is 22.1 Å². The average molecular weight is 602 g/mol. The molecule has 0 radical (unpaired) electrons. The lowest BCUT2D eigenvalue weighted by atomic mass is 10.1. The first-order valence-corrected chi connectivity index (χ1v) is 13.5. The number of aromatic nitrogens is 4. The number of imidazole rings is 1. The van der Waals surface area contributed by atoms with Crippen LogP contribution < -0.4 is 10.5 Å². The van der Waals surface area contributed by atoms with Gasteiger partial charge in [0.1, 0.15) is 12.6 Å². The van der Waals surface area contributed by atoms with Crippen molar-refractivity contribution >= 4 is 61.4 Å². The fourth-order valence-corrected chi connectivity index (χ4v) is 6.11. The van der Waals surface area contributed by atoms with Crippen LogP contribution in [0.1, 0.15) is 32.6 Å². The van der Waals surface area contributed by atoms with Gasteiger partial charge in [0.2, 0.25) is 15.1 Å². The first-order valence-electron chi connectivity index (χ1n) is 9.95. The Hall–Kier alpha value is -2.10. The number of thioether (sulfide) groups is 1. The fraction of sp³-hybridized carbons (Fsp3) is 0.350. The molecule has 0 bridgehead atoms. The van der Waals surface area contributed by atoms with Gasteiger partial charge < -0.3 is 19.8 Å². The topological polar surface area (TPSA) is 134 Å². The number of nitrogens with one attached hydrogen (secondary N) is 1. The van der Waals surface area contributed by atoms with E-state index >= 15 is 0 Å². The first kappa shape index (κ1) is 24.0. The second-order valence-electron chi connectivity index (χ2n) is 8.29. The largest absolute Gasteiger partial charge is 0.454 e. The molecule has 0 aliphatic carbocycles. The third-order valence-corrected chi connectivity index (χ3v) is 7.95. The summed E-state index contributed by atoms with van der Waals surface area (Å²) in [6.45, 7) is 5.50. The van der Waals surface area contributed by atoms with E-state index in [0.717, 1.165) is 9.13 Å². The number of nitrogens with zero attached hydrogens (tertiary/aromatic N) is 4. The smallest absolute Gasteiger partial charge is 0.268 e. The van der Waals surface area contributed by atoms with E-state index in [1.54, 1.807) is 25.3 Å². The zero-order valence-electron chi connectivity index (χ0n) is 18.1. The van der Waals surface area contributed by atoms with Gasteiger partial charge >= 0.3 is 0 Å². The van der Waals surface area contributed by atoms with Crippen molar-refractivity contribution < 1.29 is 17.9 Å². The molecule has 1 unspecified atom stereocenters. The molecule has 3 heterocycles. The summed E-state index contributed by atoms with van der Waals surface area (Å²) in [5.41, 5.74) is 7.17. The van der Waals surface area contributed by atoms with Crippen LogP contribution in [0.5, 0.6) is 0 Å². The Morgan fingerprint density at radius 2 is 2.03 bits per heavy atom. The summed E-state index contributed by atoms with van der Waals surface area (Å²) in [5.74, 6) is 0.0552. The predicted molar refractivity (Wildman–Crippen MR) is 134 cm³/mol. The summed E-state index contributed by atoms with van der Waals surface area (Å²) in [6.07, 6.45) is 2.28. The molecule has 4 rings (SSSR count). The number of sulfonamides is 1. The number of ether oxygens (including phenoxy) is 2. The van der Waals surface area contributed by atoms with E-state index in [0.29, 0.717) is 21.4 Å². The Bertz CT molecular complexity index is 1320. The molecule has 0 saturated heterocycles. The minimum Gasteiger partial charge on any atom is -0.454 e. The molecule has 1 aliphatic rings. The summed E-state index contributed by atoms with van der Waals surface area (Å²) in [6, 6.07) is 7.77. The van der Waals surface area contributed by atoms with Gasteiger partial charge in [-0.05, 0) is 61.2 Å². The van der Waals surface area contributed by atoms with Crippen molar-refractivity contribution in [2.75, 3.05) is 11.5 Å². The maximum atomic E-state index is 12.6. The van der Waals surface area contributed by atoms with Crippen LogP contribution in [-0.4, -0.2) is 39.2 Å². The molecule has 3 N–H and O–H groups in total. The molecule has 33 heavy (non-hydrogen) atoms. The second kappa shape index (κ2) is 9.27. The van der Waals surface area contributed by atoms with Crippen LogP contribution in [0.25, 0.3) is 11.2 Å². The van der Waals surface area contributed by atoms with E-state index < -0.39 is 21.9 Å². The molecule has 3 aromatic rings. The summed E-state index contributed by atoms with van der Waals surface area (Å²) in [4.78, 5) is 12.8. The standard InChI is InChI=1S/C20H23IN6O4S2/c1-20(2,3)26-33(28,29)9-8-27-17-15(16(22)23-11-24-17)25-19(27)32-14-10-30-18(31-14)12-6-4-5-7-13(12)21/h4-7,10-11,18,26H,8-9H2,1-3H3,(H2,22,23,24). The van der Waals surface area contributed by atoms with Gasteiger partial charge in [-0.3, -0.25) is 0 Å². The zero-order valence-corrected chi connectivity index (χ0v) is 21.9. The number of fused-ring (bicyclic) bond motifs is 1. The van der Waals surface area contributed by atoms with E-state index in [2.05, 4.69) is 42.3 Å². The van der Waals surface area contributed by atoms with Crippen molar-refractivity contribution in [3.63, 3.8) is 0 Å². The molecule has 0 amide bonds. The Morgan fingerprint density at radius 1 is 1.27 bits per heavy atom. The first-order chi connectivity index (χ1) is 15.5. The maximum Gasteiger partial charge on any atom is 0.268 e. The molecular weight excluding hydrogens is 579 g/mol. The van der Waals surface area contributed by atoms with Crippen molar-refractivity contribution in [2.24, 2.45) is 0 Å². The molecule has 2 aromatic heterocycles. The molecule has 10 nitrogen and oxygen atoms in total. The van der Waals surface area contributed by atoms with Gasteiger partial charge in [-0.1, -0.05) is 18.2 Å². The SMILES string of the molecule is CC(C)(C)NS(=O)(=O)CCn1c(SC2=COC(c3ccccc3I)O2)nc2c(N)ncnc21.